The molecule has 2 aromatic heterocycles. The molecular weight excluding hydrogens is 236 g/mol. The van der Waals surface area contributed by atoms with E-state index in [0.717, 1.165) is 22.2 Å². The second-order valence-corrected chi connectivity index (χ2v) is 5.50. The summed E-state index contributed by atoms with van der Waals surface area (Å²) in [7, 11) is 0. The topological polar surface area (TPSA) is 34.9 Å². The molecule has 0 amide bonds. The van der Waals surface area contributed by atoms with Crippen LogP contribution in [0.4, 0.5) is 0 Å². The maximum absolute atomic E-state index is 12.6. The van der Waals surface area contributed by atoms with Gasteiger partial charge < -0.3 is 4.57 Å². The van der Waals surface area contributed by atoms with Crippen LogP contribution in [0, 0.1) is 6.92 Å². The highest BCUT2D eigenvalue weighted by atomic mass is 16.1. The van der Waals surface area contributed by atoms with E-state index in [2.05, 4.69) is 0 Å². The maximum Gasteiger partial charge on any atom is 0.260 e. The van der Waals surface area contributed by atoms with Gasteiger partial charge in [-0.1, -0.05) is 12.8 Å². The molecule has 1 fully saturated rings. The second kappa shape index (κ2) is 4.80. The summed E-state index contributed by atoms with van der Waals surface area (Å²) in [5.41, 5.74) is 2.18. The van der Waals surface area contributed by atoms with Crippen LogP contribution in [0.2, 0.25) is 0 Å². The molecule has 1 aliphatic rings. The molecule has 3 heteroatoms. The fourth-order valence-electron chi connectivity index (χ4n) is 3.21. The quantitative estimate of drug-likeness (QED) is 0.825. The number of pyridine rings is 2. The molecule has 0 aliphatic heterocycles. The van der Waals surface area contributed by atoms with Crippen LogP contribution in [-0.4, -0.2) is 9.55 Å². The van der Waals surface area contributed by atoms with E-state index in [1.807, 2.05) is 32.2 Å². The van der Waals surface area contributed by atoms with E-state index in [-0.39, 0.29) is 5.56 Å². The molecule has 2 heterocycles. The first-order chi connectivity index (χ1) is 9.20. The zero-order valence-electron chi connectivity index (χ0n) is 11.6. The van der Waals surface area contributed by atoms with Gasteiger partial charge in [0.05, 0.1) is 11.1 Å². The summed E-state index contributed by atoms with van der Waals surface area (Å²) in [6.07, 6.45) is 6.76. The lowest BCUT2D eigenvalue weighted by Crippen LogP contribution is -2.20. The zero-order valence-corrected chi connectivity index (χ0v) is 11.6. The molecule has 0 saturated heterocycles. The fraction of sp³-hybridized carbons (Fsp3) is 0.500. The van der Waals surface area contributed by atoms with Gasteiger partial charge in [0.25, 0.3) is 5.56 Å². The van der Waals surface area contributed by atoms with Gasteiger partial charge in [0.2, 0.25) is 0 Å². The number of aryl methyl sites for hydroxylation is 2. The molecule has 3 rings (SSSR count). The Bertz CT molecular complexity index is 666. The molecule has 0 aromatic carbocycles. The summed E-state index contributed by atoms with van der Waals surface area (Å²) >= 11 is 0. The lowest BCUT2D eigenvalue weighted by molar-refractivity contribution is 0.694. The predicted octanol–water partition coefficient (Wildman–Crippen LogP) is 3.38. The van der Waals surface area contributed by atoms with Crippen LogP contribution in [0.1, 0.15) is 49.9 Å². The Morgan fingerprint density at radius 1 is 1.37 bits per heavy atom. The minimum absolute atomic E-state index is 0.120. The van der Waals surface area contributed by atoms with Crippen LogP contribution >= 0.6 is 0 Å². The van der Waals surface area contributed by atoms with Crippen molar-refractivity contribution in [3.63, 3.8) is 0 Å². The summed E-state index contributed by atoms with van der Waals surface area (Å²) in [6.45, 7) is 4.74. The third kappa shape index (κ3) is 2.07. The minimum Gasteiger partial charge on any atom is -0.315 e. The van der Waals surface area contributed by atoms with Gasteiger partial charge in [0.15, 0.2) is 0 Å². The first-order valence-electron chi connectivity index (χ1n) is 7.21. The van der Waals surface area contributed by atoms with Gasteiger partial charge in [-0.15, -0.1) is 0 Å². The van der Waals surface area contributed by atoms with Gasteiger partial charge in [-0.2, -0.15) is 0 Å². The zero-order chi connectivity index (χ0) is 13.4. The van der Waals surface area contributed by atoms with Crippen molar-refractivity contribution >= 4 is 10.8 Å². The van der Waals surface area contributed by atoms with Crippen LogP contribution < -0.4 is 5.56 Å². The number of aromatic nitrogens is 2. The molecule has 3 nitrogen and oxygen atoms in total. The monoisotopic (exact) mass is 256 g/mol. The van der Waals surface area contributed by atoms with Crippen LogP contribution in [0.25, 0.3) is 10.8 Å². The van der Waals surface area contributed by atoms with Crippen molar-refractivity contribution in [2.45, 2.75) is 52.0 Å². The Kier molecular flexibility index (Phi) is 3.13. The van der Waals surface area contributed by atoms with E-state index in [1.54, 1.807) is 4.57 Å². The fourth-order valence-corrected chi connectivity index (χ4v) is 3.21. The Balaban J connectivity index is 2.31. The molecule has 19 heavy (non-hydrogen) atoms. The first-order valence-corrected chi connectivity index (χ1v) is 7.21. The van der Waals surface area contributed by atoms with Gasteiger partial charge in [0, 0.05) is 24.4 Å². The van der Waals surface area contributed by atoms with E-state index in [4.69, 9.17) is 4.98 Å². The lowest BCUT2D eigenvalue weighted by Gasteiger charge is -2.14. The average molecular weight is 256 g/mol. The van der Waals surface area contributed by atoms with Crippen molar-refractivity contribution in [2.24, 2.45) is 0 Å². The van der Waals surface area contributed by atoms with Gasteiger partial charge >= 0.3 is 0 Å². The summed E-state index contributed by atoms with van der Waals surface area (Å²) < 4.78 is 1.78. The summed E-state index contributed by atoms with van der Waals surface area (Å²) in [5.74, 6) is 0.475. The van der Waals surface area contributed by atoms with E-state index in [9.17, 15) is 4.79 Å². The highest BCUT2D eigenvalue weighted by Crippen LogP contribution is 2.35. The lowest BCUT2D eigenvalue weighted by atomic mass is 9.98. The SMILES string of the molecule is CCn1ccc2cc(C)nc(C3CCCC3)c2c1=O. The highest BCUT2D eigenvalue weighted by molar-refractivity contribution is 5.84. The van der Waals surface area contributed by atoms with Gasteiger partial charge in [-0.3, -0.25) is 9.78 Å². The third-order valence-electron chi connectivity index (χ3n) is 4.20. The maximum atomic E-state index is 12.6. The molecule has 0 atom stereocenters. The molecule has 0 N–H and O–H groups in total. The second-order valence-electron chi connectivity index (χ2n) is 5.50. The number of fused-ring (bicyclic) bond motifs is 1. The van der Waals surface area contributed by atoms with Crippen LogP contribution in [-0.2, 0) is 6.54 Å². The number of hydrogen-bond acceptors (Lipinski definition) is 2. The predicted molar refractivity (Wildman–Crippen MR) is 77.6 cm³/mol. The van der Waals surface area contributed by atoms with Crippen LogP contribution in [0.3, 0.4) is 0 Å². The van der Waals surface area contributed by atoms with Gasteiger partial charge in [-0.25, -0.2) is 0 Å². The van der Waals surface area contributed by atoms with Crippen molar-refractivity contribution in [3.05, 3.63) is 40.1 Å². The minimum atomic E-state index is 0.120. The summed E-state index contributed by atoms with van der Waals surface area (Å²) in [4.78, 5) is 17.3. The molecule has 2 aromatic rings. The molecular formula is C16H20N2O. The average Bonchev–Trinajstić information content (AvgIpc) is 2.92. The standard InChI is InChI=1S/C16H20N2O/c1-3-18-9-8-13-10-11(2)17-15(14(13)16(18)19)12-6-4-5-7-12/h8-10,12H,3-7H2,1-2H3. The van der Waals surface area contributed by atoms with Gasteiger partial charge in [0.1, 0.15) is 0 Å². The van der Waals surface area contributed by atoms with E-state index < -0.39 is 0 Å². The highest BCUT2D eigenvalue weighted by Gasteiger charge is 2.22. The Morgan fingerprint density at radius 3 is 2.79 bits per heavy atom. The Morgan fingerprint density at radius 2 is 2.11 bits per heavy atom. The summed E-state index contributed by atoms with van der Waals surface area (Å²) in [6, 6.07) is 4.07. The van der Waals surface area contributed by atoms with E-state index in [0.29, 0.717) is 12.5 Å². The number of nitrogens with zero attached hydrogens (tertiary/aromatic N) is 2. The van der Waals surface area contributed by atoms with Crippen molar-refractivity contribution in [1.29, 1.82) is 0 Å². The number of hydrogen-bond donors (Lipinski definition) is 0. The van der Waals surface area contributed by atoms with Crippen molar-refractivity contribution in [1.82, 2.24) is 9.55 Å². The summed E-state index contributed by atoms with van der Waals surface area (Å²) in [5, 5.41) is 1.89. The molecule has 100 valence electrons. The molecule has 1 aliphatic carbocycles. The Labute approximate surface area is 113 Å². The van der Waals surface area contributed by atoms with Crippen molar-refractivity contribution in [2.75, 3.05) is 0 Å². The van der Waals surface area contributed by atoms with E-state index >= 15 is 0 Å². The molecule has 0 bridgehead atoms. The number of rotatable bonds is 2. The third-order valence-corrected chi connectivity index (χ3v) is 4.20. The molecule has 0 radical (unpaired) electrons. The van der Waals surface area contributed by atoms with Crippen LogP contribution in [0.5, 0.6) is 0 Å². The molecule has 1 saturated carbocycles. The molecule has 0 unspecified atom stereocenters. The van der Waals surface area contributed by atoms with E-state index in [1.165, 1.54) is 25.7 Å². The smallest absolute Gasteiger partial charge is 0.260 e. The van der Waals surface area contributed by atoms with Crippen molar-refractivity contribution < 1.29 is 0 Å². The Hall–Kier alpha value is -1.64. The van der Waals surface area contributed by atoms with Crippen LogP contribution in [0.15, 0.2) is 23.1 Å². The van der Waals surface area contributed by atoms with Gasteiger partial charge in [-0.05, 0) is 44.2 Å². The van der Waals surface area contributed by atoms with Crippen molar-refractivity contribution in [3.8, 4) is 0 Å². The molecule has 0 spiro atoms. The normalized spacial score (nSPS) is 16.3. The first kappa shape index (κ1) is 12.4. The largest absolute Gasteiger partial charge is 0.315 e.